The average Bonchev–Trinajstić information content (AvgIpc) is 2.52. The lowest BCUT2D eigenvalue weighted by Gasteiger charge is -2.19. The van der Waals surface area contributed by atoms with Gasteiger partial charge in [-0.15, -0.1) is 0 Å². The van der Waals surface area contributed by atoms with Gasteiger partial charge in [-0.25, -0.2) is 0 Å². The molecule has 0 aliphatic heterocycles. The van der Waals surface area contributed by atoms with E-state index >= 15 is 0 Å². The van der Waals surface area contributed by atoms with Crippen molar-refractivity contribution in [3.63, 3.8) is 0 Å². The first-order chi connectivity index (χ1) is 9.83. The number of aryl methyl sites for hydroxylation is 1. The summed E-state index contributed by atoms with van der Waals surface area (Å²) in [6.07, 6.45) is 5.80. The number of hydrogen-bond acceptors (Lipinski definition) is 3. The summed E-state index contributed by atoms with van der Waals surface area (Å²) >= 11 is 0. The summed E-state index contributed by atoms with van der Waals surface area (Å²) < 4.78 is 5.31. The summed E-state index contributed by atoms with van der Waals surface area (Å²) in [4.78, 5) is 4.06. The van der Waals surface area contributed by atoms with E-state index in [-0.39, 0.29) is 0 Å². The third-order valence-electron chi connectivity index (χ3n) is 3.42. The maximum absolute atomic E-state index is 5.31. The van der Waals surface area contributed by atoms with Crippen molar-refractivity contribution >= 4 is 0 Å². The molecule has 0 aliphatic carbocycles. The Morgan fingerprint density at radius 2 is 2.00 bits per heavy atom. The molecule has 2 aromatic rings. The van der Waals surface area contributed by atoms with Crippen LogP contribution < -0.4 is 10.1 Å². The maximum Gasteiger partial charge on any atom is 0.119 e. The molecule has 106 valence electrons. The monoisotopic (exact) mass is 270 g/mol. The van der Waals surface area contributed by atoms with E-state index in [0.29, 0.717) is 6.04 Å². The highest BCUT2D eigenvalue weighted by atomic mass is 16.5. The van der Waals surface area contributed by atoms with E-state index in [2.05, 4.69) is 41.5 Å². The molecule has 0 amide bonds. The van der Waals surface area contributed by atoms with Crippen molar-refractivity contribution in [1.29, 1.82) is 0 Å². The largest absolute Gasteiger partial charge is 0.497 e. The number of hydrogen-bond donors (Lipinski definition) is 1. The van der Waals surface area contributed by atoms with Crippen LogP contribution in [0, 0.1) is 0 Å². The van der Waals surface area contributed by atoms with Gasteiger partial charge in [-0.1, -0.05) is 19.1 Å². The van der Waals surface area contributed by atoms with Crippen LogP contribution in [0.1, 0.15) is 30.5 Å². The predicted octanol–water partition coefficient (Wildman–Crippen LogP) is 3.37. The van der Waals surface area contributed by atoms with Crippen molar-refractivity contribution in [2.24, 2.45) is 0 Å². The van der Waals surface area contributed by atoms with Gasteiger partial charge in [-0.2, -0.15) is 0 Å². The highest BCUT2D eigenvalue weighted by Crippen LogP contribution is 2.23. The number of ether oxygens (including phenoxy) is 1. The molecule has 1 aromatic heterocycles. The van der Waals surface area contributed by atoms with Crippen molar-refractivity contribution in [2.45, 2.75) is 25.8 Å². The van der Waals surface area contributed by atoms with Crippen molar-refractivity contribution in [2.75, 3.05) is 13.7 Å². The molecule has 3 nitrogen and oxygen atoms in total. The summed E-state index contributed by atoms with van der Waals surface area (Å²) in [6, 6.07) is 12.8. The third-order valence-corrected chi connectivity index (χ3v) is 3.42. The quantitative estimate of drug-likeness (QED) is 0.837. The van der Waals surface area contributed by atoms with Gasteiger partial charge < -0.3 is 10.1 Å². The Morgan fingerprint density at radius 3 is 2.70 bits per heavy atom. The van der Waals surface area contributed by atoms with Gasteiger partial charge in [0, 0.05) is 18.4 Å². The molecule has 3 heteroatoms. The van der Waals surface area contributed by atoms with E-state index in [1.807, 2.05) is 24.5 Å². The fraction of sp³-hybridized carbons (Fsp3) is 0.353. The summed E-state index contributed by atoms with van der Waals surface area (Å²) in [6.45, 7) is 3.10. The average molecular weight is 270 g/mol. The molecule has 1 unspecified atom stereocenters. The Kier molecular flexibility index (Phi) is 5.56. The van der Waals surface area contributed by atoms with Crippen LogP contribution in [-0.4, -0.2) is 18.6 Å². The molecule has 1 heterocycles. The molecule has 0 fully saturated rings. The SMILES string of the molecule is CCNC(CCc1ccncc1)c1cccc(OC)c1. The first kappa shape index (κ1) is 14.5. The van der Waals surface area contributed by atoms with E-state index < -0.39 is 0 Å². The minimum atomic E-state index is 0.350. The van der Waals surface area contributed by atoms with Crippen LogP contribution in [0.5, 0.6) is 5.75 Å². The van der Waals surface area contributed by atoms with Crippen LogP contribution in [0.3, 0.4) is 0 Å². The van der Waals surface area contributed by atoms with E-state index in [1.54, 1.807) is 7.11 Å². The molecule has 0 radical (unpaired) electrons. The van der Waals surface area contributed by atoms with Crippen LogP contribution in [0.2, 0.25) is 0 Å². The van der Waals surface area contributed by atoms with E-state index in [4.69, 9.17) is 4.74 Å². The zero-order valence-electron chi connectivity index (χ0n) is 12.2. The Morgan fingerprint density at radius 1 is 1.20 bits per heavy atom. The molecule has 1 atom stereocenters. The lowest BCUT2D eigenvalue weighted by molar-refractivity contribution is 0.412. The Labute approximate surface area is 121 Å². The number of benzene rings is 1. The molecule has 0 saturated carbocycles. The van der Waals surface area contributed by atoms with Gasteiger partial charge in [0.2, 0.25) is 0 Å². The number of nitrogens with one attached hydrogen (secondary N) is 1. The minimum absolute atomic E-state index is 0.350. The first-order valence-corrected chi connectivity index (χ1v) is 7.09. The Hall–Kier alpha value is -1.87. The van der Waals surface area contributed by atoms with Gasteiger partial charge in [0.1, 0.15) is 5.75 Å². The van der Waals surface area contributed by atoms with Crippen molar-refractivity contribution in [3.05, 3.63) is 59.9 Å². The van der Waals surface area contributed by atoms with E-state index in [1.165, 1.54) is 11.1 Å². The summed E-state index contributed by atoms with van der Waals surface area (Å²) in [5.41, 5.74) is 2.60. The molecule has 0 saturated heterocycles. The van der Waals surface area contributed by atoms with Gasteiger partial charge in [0.15, 0.2) is 0 Å². The first-order valence-electron chi connectivity index (χ1n) is 7.09. The summed E-state index contributed by atoms with van der Waals surface area (Å²) in [5, 5.41) is 3.55. The normalized spacial score (nSPS) is 12.1. The van der Waals surface area contributed by atoms with Crippen LogP contribution in [-0.2, 0) is 6.42 Å². The third kappa shape index (κ3) is 4.07. The number of nitrogens with zero attached hydrogens (tertiary/aromatic N) is 1. The molecule has 0 aliphatic rings. The van der Waals surface area contributed by atoms with Crippen LogP contribution in [0.25, 0.3) is 0 Å². The maximum atomic E-state index is 5.31. The molecule has 2 rings (SSSR count). The van der Waals surface area contributed by atoms with Crippen molar-refractivity contribution in [3.8, 4) is 5.75 Å². The van der Waals surface area contributed by atoms with Crippen molar-refractivity contribution < 1.29 is 4.74 Å². The Balaban J connectivity index is 2.06. The molecular formula is C17H22N2O. The minimum Gasteiger partial charge on any atom is -0.497 e. The number of pyridine rings is 1. The second-order valence-electron chi connectivity index (χ2n) is 4.78. The highest BCUT2D eigenvalue weighted by Gasteiger charge is 2.11. The molecule has 1 N–H and O–H groups in total. The molecule has 1 aromatic carbocycles. The fourth-order valence-corrected chi connectivity index (χ4v) is 2.35. The zero-order chi connectivity index (χ0) is 14.2. The number of aromatic nitrogens is 1. The van der Waals surface area contributed by atoms with Gasteiger partial charge in [-0.05, 0) is 54.8 Å². The van der Waals surface area contributed by atoms with Crippen LogP contribution in [0.4, 0.5) is 0 Å². The fourth-order valence-electron chi connectivity index (χ4n) is 2.35. The number of methoxy groups -OCH3 is 1. The topological polar surface area (TPSA) is 34.2 Å². The van der Waals surface area contributed by atoms with Gasteiger partial charge in [0.25, 0.3) is 0 Å². The second kappa shape index (κ2) is 7.65. The lowest BCUT2D eigenvalue weighted by Crippen LogP contribution is -2.21. The molecule has 0 spiro atoms. The van der Waals surface area contributed by atoms with Crippen LogP contribution in [0.15, 0.2) is 48.8 Å². The standard InChI is InChI=1S/C17H22N2O/c1-3-19-17(8-7-14-9-11-18-12-10-14)15-5-4-6-16(13-15)20-2/h4-6,9-13,17,19H,3,7-8H2,1-2H3. The predicted molar refractivity (Wildman–Crippen MR) is 82.0 cm³/mol. The van der Waals surface area contributed by atoms with Gasteiger partial charge in [0.05, 0.1) is 7.11 Å². The Bertz CT molecular complexity index is 513. The van der Waals surface area contributed by atoms with E-state index in [9.17, 15) is 0 Å². The van der Waals surface area contributed by atoms with Crippen LogP contribution >= 0.6 is 0 Å². The summed E-state index contributed by atoms with van der Waals surface area (Å²) in [5.74, 6) is 0.911. The van der Waals surface area contributed by atoms with Gasteiger partial charge >= 0.3 is 0 Å². The summed E-state index contributed by atoms with van der Waals surface area (Å²) in [7, 11) is 1.71. The number of rotatable bonds is 7. The molecule has 20 heavy (non-hydrogen) atoms. The van der Waals surface area contributed by atoms with Crippen molar-refractivity contribution in [1.82, 2.24) is 10.3 Å². The zero-order valence-corrected chi connectivity index (χ0v) is 12.2. The smallest absolute Gasteiger partial charge is 0.119 e. The van der Waals surface area contributed by atoms with E-state index in [0.717, 1.165) is 25.1 Å². The second-order valence-corrected chi connectivity index (χ2v) is 4.78. The molecule has 0 bridgehead atoms. The molecular weight excluding hydrogens is 248 g/mol. The van der Waals surface area contributed by atoms with Gasteiger partial charge in [-0.3, -0.25) is 4.98 Å². The lowest BCUT2D eigenvalue weighted by atomic mass is 9.99. The highest BCUT2D eigenvalue weighted by molar-refractivity contribution is 5.30.